The van der Waals surface area contributed by atoms with Gasteiger partial charge in [-0.3, -0.25) is 0 Å². The van der Waals surface area contributed by atoms with Gasteiger partial charge in [0.15, 0.2) is 16.6 Å². The van der Waals surface area contributed by atoms with Crippen molar-refractivity contribution in [2.45, 2.75) is 71.3 Å². The molecule has 0 aromatic heterocycles. The number of aromatic hydroxyl groups is 1. The molecule has 0 bridgehead atoms. The molecule has 0 aliphatic heterocycles. The standard InChI is InChI=1S/C28H42N2O2S/c1-3-4-5-6-7-8-9-10-11-12-13-14-15-16-17-18-19-22-29-28(33)30-24-25-20-21-26(31)27(23-25)32-2/h7-8,10-11,13-14,16-17,20-21,23,31H,3-6,9,12,15,18-19,22,24H2,1-2H3,(H2,29,30,33). The molecule has 182 valence electrons. The van der Waals surface area contributed by atoms with E-state index >= 15 is 0 Å². The summed E-state index contributed by atoms with van der Waals surface area (Å²) in [6, 6.07) is 5.27. The average Bonchev–Trinajstić information content (AvgIpc) is 2.82. The lowest BCUT2D eigenvalue weighted by Crippen LogP contribution is -2.35. The van der Waals surface area contributed by atoms with Gasteiger partial charge in [0, 0.05) is 13.1 Å². The van der Waals surface area contributed by atoms with Crippen LogP contribution in [0.2, 0.25) is 0 Å². The number of ether oxygens (including phenoxy) is 1. The molecule has 3 N–H and O–H groups in total. The first-order valence-corrected chi connectivity index (χ1v) is 12.6. The molecule has 1 aromatic rings. The smallest absolute Gasteiger partial charge is 0.166 e. The number of unbranched alkanes of at least 4 members (excludes halogenated alkanes) is 4. The van der Waals surface area contributed by atoms with Crippen molar-refractivity contribution in [3.05, 3.63) is 72.4 Å². The minimum atomic E-state index is 0.138. The highest BCUT2D eigenvalue weighted by Crippen LogP contribution is 2.26. The number of thiocarbonyl (C=S) groups is 1. The molecular weight excluding hydrogens is 428 g/mol. The number of hydrogen-bond acceptors (Lipinski definition) is 3. The number of rotatable bonds is 17. The van der Waals surface area contributed by atoms with Crippen molar-refractivity contribution >= 4 is 17.3 Å². The van der Waals surface area contributed by atoms with Gasteiger partial charge in [0.25, 0.3) is 0 Å². The molecule has 0 aliphatic rings. The lowest BCUT2D eigenvalue weighted by atomic mass is 10.2. The van der Waals surface area contributed by atoms with Crippen LogP contribution in [0.3, 0.4) is 0 Å². The zero-order valence-electron chi connectivity index (χ0n) is 20.4. The number of allylic oxidation sites excluding steroid dienone is 8. The molecule has 1 rings (SSSR count). The van der Waals surface area contributed by atoms with E-state index in [2.05, 4.69) is 66.2 Å². The summed E-state index contributed by atoms with van der Waals surface area (Å²) in [5, 5.41) is 16.7. The molecule has 33 heavy (non-hydrogen) atoms. The van der Waals surface area contributed by atoms with Crippen LogP contribution in [-0.2, 0) is 6.54 Å². The maximum Gasteiger partial charge on any atom is 0.166 e. The third-order valence-electron chi connectivity index (χ3n) is 4.99. The summed E-state index contributed by atoms with van der Waals surface area (Å²) in [6.45, 7) is 3.66. The SMILES string of the molecule is CCCCCC=CCC=CCC=CCC=CCCCNC(=S)NCc1ccc(O)c(OC)c1. The Morgan fingerprint density at radius 1 is 0.879 bits per heavy atom. The first-order chi connectivity index (χ1) is 16.2. The van der Waals surface area contributed by atoms with E-state index in [-0.39, 0.29) is 5.75 Å². The zero-order chi connectivity index (χ0) is 24.0. The highest BCUT2D eigenvalue weighted by molar-refractivity contribution is 7.80. The van der Waals surface area contributed by atoms with E-state index in [0.717, 1.165) is 44.2 Å². The Morgan fingerprint density at radius 3 is 2.09 bits per heavy atom. The maximum atomic E-state index is 9.64. The number of nitrogens with one attached hydrogen (secondary N) is 2. The van der Waals surface area contributed by atoms with Crippen LogP contribution in [0.5, 0.6) is 11.5 Å². The topological polar surface area (TPSA) is 53.5 Å². The van der Waals surface area contributed by atoms with Gasteiger partial charge >= 0.3 is 0 Å². The van der Waals surface area contributed by atoms with Crippen LogP contribution in [-0.4, -0.2) is 23.9 Å². The largest absolute Gasteiger partial charge is 0.504 e. The van der Waals surface area contributed by atoms with Crippen LogP contribution in [0.15, 0.2) is 66.8 Å². The third-order valence-corrected chi connectivity index (χ3v) is 5.28. The molecule has 0 saturated heterocycles. The van der Waals surface area contributed by atoms with Crippen LogP contribution in [0.1, 0.15) is 70.3 Å². The predicted molar refractivity (Wildman–Crippen MR) is 146 cm³/mol. The van der Waals surface area contributed by atoms with Gasteiger partial charge in [0.1, 0.15) is 0 Å². The second-order valence-electron chi connectivity index (χ2n) is 7.85. The van der Waals surface area contributed by atoms with E-state index in [0.29, 0.717) is 17.4 Å². The van der Waals surface area contributed by atoms with Crippen LogP contribution in [0.25, 0.3) is 0 Å². The quantitative estimate of drug-likeness (QED) is 0.129. The van der Waals surface area contributed by atoms with Crippen LogP contribution < -0.4 is 15.4 Å². The van der Waals surface area contributed by atoms with Crippen molar-refractivity contribution in [3.8, 4) is 11.5 Å². The molecule has 0 saturated carbocycles. The molecule has 0 fully saturated rings. The zero-order valence-corrected chi connectivity index (χ0v) is 21.2. The molecule has 0 atom stereocenters. The van der Waals surface area contributed by atoms with Gasteiger partial charge < -0.3 is 20.5 Å². The molecular formula is C28H42N2O2S. The van der Waals surface area contributed by atoms with Gasteiger partial charge in [-0.05, 0) is 74.9 Å². The van der Waals surface area contributed by atoms with Gasteiger partial charge in [-0.1, -0.05) is 74.4 Å². The highest BCUT2D eigenvalue weighted by atomic mass is 32.1. The Kier molecular flexibility index (Phi) is 17.4. The molecule has 0 amide bonds. The highest BCUT2D eigenvalue weighted by Gasteiger charge is 2.03. The molecule has 0 radical (unpaired) electrons. The fourth-order valence-corrected chi connectivity index (χ4v) is 3.23. The lowest BCUT2D eigenvalue weighted by Gasteiger charge is -2.11. The number of phenols is 1. The van der Waals surface area contributed by atoms with Crippen LogP contribution in [0.4, 0.5) is 0 Å². The van der Waals surface area contributed by atoms with Gasteiger partial charge in [-0.15, -0.1) is 0 Å². The number of methoxy groups -OCH3 is 1. The third kappa shape index (κ3) is 15.8. The summed E-state index contributed by atoms with van der Waals surface area (Å²) in [6.07, 6.45) is 28.2. The van der Waals surface area contributed by atoms with Gasteiger partial charge in [-0.25, -0.2) is 0 Å². The number of phenolic OH excluding ortho intramolecular Hbond substituents is 1. The lowest BCUT2D eigenvalue weighted by molar-refractivity contribution is 0.373. The van der Waals surface area contributed by atoms with E-state index < -0.39 is 0 Å². The van der Waals surface area contributed by atoms with E-state index in [4.69, 9.17) is 17.0 Å². The monoisotopic (exact) mass is 470 g/mol. The molecule has 0 heterocycles. The molecule has 4 nitrogen and oxygen atoms in total. The molecule has 0 aliphatic carbocycles. The fourth-order valence-electron chi connectivity index (χ4n) is 3.06. The van der Waals surface area contributed by atoms with E-state index in [1.54, 1.807) is 12.1 Å². The molecule has 1 aromatic carbocycles. The van der Waals surface area contributed by atoms with Crippen molar-refractivity contribution in [2.24, 2.45) is 0 Å². The number of benzene rings is 1. The van der Waals surface area contributed by atoms with Gasteiger partial charge in [-0.2, -0.15) is 0 Å². The number of hydrogen-bond donors (Lipinski definition) is 3. The Balaban J connectivity index is 2.00. The van der Waals surface area contributed by atoms with Crippen molar-refractivity contribution in [1.82, 2.24) is 10.6 Å². The minimum Gasteiger partial charge on any atom is -0.504 e. The minimum absolute atomic E-state index is 0.138. The normalized spacial score (nSPS) is 11.8. The van der Waals surface area contributed by atoms with E-state index in [1.165, 1.54) is 32.8 Å². The second kappa shape index (κ2) is 20.1. The van der Waals surface area contributed by atoms with Crippen molar-refractivity contribution < 1.29 is 9.84 Å². The maximum absolute atomic E-state index is 9.64. The first-order valence-electron chi connectivity index (χ1n) is 12.1. The Morgan fingerprint density at radius 2 is 1.48 bits per heavy atom. The van der Waals surface area contributed by atoms with Crippen molar-refractivity contribution in [3.63, 3.8) is 0 Å². The van der Waals surface area contributed by atoms with Crippen molar-refractivity contribution in [2.75, 3.05) is 13.7 Å². The molecule has 0 spiro atoms. The van der Waals surface area contributed by atoms with E-state index in [9.17, 15) is 5.11 Å². The summed E-state index contributed by atoms with van der Waals surface area (Å²) >= 11 is 5.32. The Bertz CT molecular complexity index is 769. The summed E-state index contributed by atoms with van der Waals surface area (Å²) in [4.78, 5) is 0. The predicted octanol–water partition coefficient (Wildman–Crippen LogP) is 7.12. The summed E-state index contributed by atoms with van der Waals surface area (Å²) in [5.74, 6) is 0.603. The van der Waals surface area contributed by atoms with Crippen LogP contribution in [0, 0.1) is 0 Å². The molecule has 0 unspecified atom stereocenters. The summed E-state index contributed by atoms with van der Waals surface area (Å²) in [5.41, 5.74) is 0.995. The van der Waals surface area contributed by atoms with E-state index in [1.807, 2.05) is 6.07 Å². The second-order valence-corrected chi connectivity index (χ2v) is 8.25. The fraction of sp³-hybridized carbons (Fsp3) is 0.464. The van der Waals surface area contributed by atoms with Gasteiger partial charge in [0.05, 0.1) is 7.11 Å². The van der Waals surface area contributed by atoms with Crippen LogP contribution >= 0.6 is 12.2 Å². The van der Waals surface area contributed by atoms with Crippen molar-refractivity contribution in [1.29, 1.82) is 0 Å². The first kappa shape index (κ1) is 28.5. The summed E-state index contributed by atoms with van der Waals surface area (Å²) < 4.78 is 5.12. The summed E-state index contributed by atoms with van der Waals surface area (Å²) in [7, 11) is 1.54. The Labute approximate surface area is 206 Å². The average molecular weight is 471 g/mol. The Hall–Kier alpha value is -2.53. The van der Waals surface area contributed by atoms with Gasteiger partial charge in [0.2, 0.25) is 0 Å². The molecule has 5 heteroatoms.